The molecule has 2 aromatic heterocycles. The van der Waals surface area contributed by atoms with Gasteiger partial charge in [0, 0.05) is 19.9 Å². The summed E-state index contributed by atoms with van der Waals surface area (Å²) in [6.07, 6.45) is 3.15. The molecule has 3 heterocycles. The molecule has 0 aromatic carbocycles. The van der Waals surface area contributed by atoms with Crippen LogP contribution in [0, 0.1) is 6.92 Å². The highest BCUT2D eigenvalue weighted by Gasteiger charge is 2.27. The minimum Gasteiger partial charge on any atom is -0.436 e. The van der Waals surface area contributed by atoms with Gasteiger partial charge in [0.1, 0.15) is 0 Å². The Morgan fingerprint density at radius 2 is 2.42 bits per heavy atom. The Morgan fingerprint density at radius 1 is 1.58 bits per heavy atom. The fourth-order valence-electron chi connectivity index (χ4n) is 2.41. The van der Waals surface area contributed by atoms with Gasteiger partial charge < -0.3 is 14.3 Å². The van der Waals surface area contributed by atoms with E-state index in [9.17, 15) is 4.79 Å². The third-order valence-corrected chi connectivity index (χ3v) is 3.40. The lowest BCUT2D eigenvalue weighted by molar-refractivity contribution is 0.0696. The molecular weight excluding hydrogens is 244 g/mol. The van der Waals surface area contributed by atoms with Crippen molar-refractivity contribution in [2.45, 2.75) is 33.2 Å². The van der Waals surface area contributed by atoms with Crippen molar-refractivity contribution in [1.82, 2.24) is 19.9 Å². The maximum Gasteiger partial charge on any atom is 0.291 e. The molecule has 6 nitrogen and oxygen atoms in total. The second-order valence-corrected chi connectivity index (χ2v) is 4.67. The second-order valence-electron chi connectivity index (χ2n) is 4.67. The number of imidazole rings is 1. The monoisotopic (exact) mass is 260 g/mol. The molecule has 6 heteroatoms. The summed E-state index contributed by atoms with van der Waals surface area (Å²) in [7, 11) is 0. The van der Waals surface area contributed by atoms with Gasteiger partial charge in [0.2, 0.25) is 5.76 Å². The van der Waals surface area contributed by atoms with Gasteiger partial charge in [0.05, 0.1) is 30.0 Å². The first-order valence-corrected chi connectivity index (χ1v) is 6.45. The third kappa shape index (κ3) is 2.03. The number of amides is 1. The Hall–Kier alpha value is -2.11. The Morgan fingerprint density at radius 3 is 3.21 bits per heavy atom. The number of fused-ring (bicyclic) bond motifs is 1. The highest BCUT2D eigenvalue weighted by Crippen LogP contribution is 2.20. The predicted molar refractivity (Wildman–Crippen MR) is 67.7 cm³/mol. The van der Waals surface area contributed by atoms with Gasteiger partial charge in [-0.2, -0.15) is 0 Å². The first-order chi connectivity index (χ1) is 9.19. The maximum atomic E-state index is 12.5. The average Bonchev–Trinajstić information content (AvgIpc) is 3.02. The van der Waals surface area contributed by atoms with Crippen LogP contribution in [0.15, 0.2) is 10.7 Å². The first kappa shape index (κ1) is 12.0. The van der Waals surface area contributed by atoms with E-state index in [1.54, 1.807) is 18.2 Å². The minimum atomic E-state index is -0.0855. The molecule has 1 aliphatic rings. The molecule has 0 saturated heterocycles. The summed E-state index contributed by atoms with van der Waals surface area (Å²) in [5, 5.41) is 0. The van der Waals surface area contributed by atoms with Crippen LogP contribution >= 0.6 is 0 Å². The lowest BCUT2D eigenvalue weighted by atomic mass is 10.1. The highest BCUT2D eigenvalue weighted by molar-refractivity contribution is 5.92. The van der Waals surface area contributed by atoms with Gasteiger partial charge in [0.15, 0.2) is 5.89 Å². The van der Waals surface area contributed by atoms with Crippen molar-refractivity contribution in [3.05, 3.63) is 35.1 Å². The maximum absolute atomic E-state index is 12.5. The highest BCUT2D eigenvalue weighted by atomic mass is 16.4. The van der Waals surface area contributed by atoms with Crippen molar-refractivity contribution in [2.24, 2.45) is 0 Å². The van der Waals surface area contributed by atoms with Crippen LogP contribution in [0.5, 0.6) is 0 Å². The summed E-state index contributed by atoms with van der Waals surface area (Å²) in [5.41, 5.74) is 2.79. The number of aromatic amines is 1. The predicted octanol–water partition coefficient (Wildman–Crippen LogP) is 1.47. The number of nitrogens with zero attached hydrogens (tertiary/aromatic N) is 3. The summed E-state index contributed by atoms with van der Waals surface area (Å²) >= 11 is 0. The van der Waals surface area contributed by atoms with E-state index in [4.69, 9.17) is 4.42 Å². The van der Waals surface area contributed by atoms with Crippen molar-refractivity contribution in [1.29, 1.82) is 0 Å². The molecule has 0 bridgehead atoms. The number of hydrogen-bond acceptors (Lipinski definition) is 4. The van der Waals surface area contributed by atoms with Crippen LogP contribution in [-0.2, 0) is 19.4 Å². The fourth-order valence-corrected chi connectivity index (χ4v) is 2.41. The van der Waals surface area contributed by atoms with Gasteiger partial charge in [-0.15, -0.1) is 0 Å². The van der Waals surface area contributed by atoms with E-state index in [1.165, 1.54) is 0 Å². The van der Waals surface area contributed by atoms with E-state index in [-0.39, 0.29) is 5.91 Å². The van der Waals surface area contributed by atoms with Gasteiger partial charge in [0.25, 0.3) is 5.91 Å². The number of rotatable bonds is 2. The zero-order valence-electron chi connectivity index (χ0n) is 11.1. The van der Waals surface area contributed by atoms with E-state index >= 15 is 0 Å². The molecule has 0 aliphatic carbocycles. The van der Waals surface area contributed by atoms with Gasteiger partial charge in [-0.3, -0.25) is 4.79 Å². The van der Waals surface area contributed by atoms with Gasteiger partial charge in [-0.25, -0.2) is 9.97 Å². The molecule has 1 aliphatic heterocycles. The van der Waals surface area contributed by atoms with E-state index in [2.05, 4.69) is 15.0 Å². The van der Waals surface area contributed by atoms with Crippen molar-refractivity contribution < 1.29 is 9.21 Å². The van der Waals surface area contributed by atoms with Gasteiger partial charge >= 0.3 is 0 Å². The zero-order chi connectivity index (χ0) is 13.4. The first-order valence-electron chi connectivity index (χ1n) is 6.45. The molecule has 0 saturated carbocycles. The lowest BCUT2D eigenvalue weighted by Crippen LogP contribution is -2.36. The Bertz CT molecular complexity index is 614. The number of aryl methyl sites for hydroxylation is 2. The van der Waals surface area contributed by atoms with Crippen molar-refractivity contribution >= 4 is 5.91 Å². The van der Waals surface area contributed by atoms with Crippen LogP contribution in [-0.4, -0.2) is 32.3 Å². The standard InChI is InChI=1S/C13H16N4O2/c1-3-9-12(19-8(2)16-9)13(18)17-5-4-10-11(6-17)15-7-14-10/h7H,3-6H2,1-2H3,(H,14,15). The van der Waals surface area contributed by atoms with E-state index in [1.807, 2.05) is 6.92 Å². The number of carbonyl (C=O) groups is 1. The van der Waals surface area contributed by atoms with E-state index in [0.717, 1.165) is 23.5 Å². The molecule has 0 radical (unpaired) electrons. The quantitative estimate of drug-likeness (QED) is 0.887. The number of aromatic nitrogens is 3. The number of hydrogen-bond donors (Lipinski definition) is 1. The molecule has 0 atom stereocenters. The van der Waals surface area contributed by atoms with Crippen LogP contribution < -0.4 is 0 Å². The summed E-state index contributed by atoms with van der Waals surface area (Å²) in [5.74, 6) is 0.833. The van der Waals surface area contributed by atoms with Crippen LogP contribution in [0.4, 0.5) is 0 Å². The summed E-state index contributed by atoms with van der Waals surface area (Å²) in [6, 6.07) is 0. The van der Waals surface area contributed by atoms with Crippen LogP contribution in [0.2, 0.25) is 0 Å². The molecule has 0 fully saturated rings. The molecular formula is C13H16N4O2. The lowest BCUT2D eigenvalue weighted by Gasteiger charge is -2.25. The van der Waals surface area contributed by atoms with Crippen LogP contribution in [0.3, 0.4) is 0 Å². The zero-order valence-corrected chi connectivity index (χ0v) is 11.1. The molecule has 3 rings (SSSR count). The molecule has 19 heavy (non-hydrogen) atoms. The normalized spacial score (nSPS) is 14.5. The second kappa shape index (κ2) is 4.53. The largest absolute Gasteiger partial charge is 0.436 e. The minimum absolute atomic E-state index is 0.0855. The summed E-state index contributed by atoms with van der Waals surface area (Å²) in [4.78, 5) is 25.8. The van der Waals surface area contributed by atoms with E-state index in [0.29, 0.717) is 31.2 Å². The smallest absolute Gasteiger partial charge is 0.291 e. The third-order valence-electron chi connectivity index (χ3n) is 3.40. The number of H-pyrrole nitrogens is 1. The Labute approximate surface area is 110 Å². The summed E-state index contributed by atoms with van der Waals surface area (Å²) < 4.78 is 5.46. The van der Waals surface area contributed by atoms with Gasteiger partial charge in [-0.1, -0.05) is 6.92 Å². The number of carbonyl (C=O) groups excluding carboxylic acids is 1. The molecule has 0 unspecified atom stereocenters. The van der Waals surface area contributed by atoms with Gasteiger partial charge in [-0.05, 0) is 6.42 Å². The van der Waals surface area contributed by atoms with Crippen molar-refractivity contribution in [2.75, 3.05) is 6.54 Å². The topological polar surface area (TPSA) is 75.0 Å². The molecule has 100 valence electrons. The average molecular weight is 260 g/mol. The number of nitrogens with one attached hydrogen (secondary N) is 1. The molecule has 2 aromatic rings. The SMILES string of the molecule is CCc1nc(C)oc1C(=O)N1CCc2nc[nH]c2C1. The van der Waals surface area contributed by atoms with Crippen LogP contribution in [0.1, 0.15) is 40.5 Å². The molecule has 0 spiro atoms. The van der Waals surface area contributed by atoms with Crippen LogP contribution in [0.25, 0.3) is 0 Å². The van der Waals surface area contributed by atoms with Crippen molar-refractivity contribution in [3.8, 4) is 0 Å². The van der Waals surface area contributed by atoms with Crippen molar-refractivity contribution in [3.63, 3.8) is 0 Å². The molecule has 1 amide bonds. The fraction of sp³-hybridized carbons (Fsp3) is 0.462. The number of oxazole rings is 1. The van der Waals surface area contributed by atoms with E-state index < -0.39 is 0 Å². The molecule has 1 N–H and O–H groups in total. The summed E-state index contributed by atoms with van der Waals surface area (Å²) in [6.45, 7) is 4.95. The Balaban J connectivity index is 1.85. The Kier molecular flexibility index (Phi) is 2.85.